The zero-order chi connectivity index (χ0) is 14.5. The van der Waals surface area contributed by atoms with Gasteiger partial charge >= 0.3 is 0 Å². The lowest BCUT2D eigenvalue weighted by Gasteiger charge is -2.03. The van der Waals surface area contributed by atoms with Crippen LogP contribution in [0.3, 0.4) is 0 Å². The lowest BCUT2D eigenvalue weighted by molar-refractivity contribution is 0.143. The van der Waals surface area contributed by atoms with E-state index in [1.165, 1.54) is 4.68 Å². The number of nitrogen functional groups attached to an aromatic ring is 1. The molecule has 0 amide bonds. The van der Waals surface area contributed by atoms with Gasteiger partial charge in [-0.1, -0.05) is 15.9 Å². The summed E-state index contributed by atoms with van der Waals surface area (Å²) in [6, 6.07) is 9.43. The van der Waals surface area contributed by atoms with E-state index in [0.717, 1.165) is 10.2 Å². The molecule has 20 heavy (non-hydrogen) atoms. The molecular formula is C13H13BrN4O2. The average Bonchev–Trinajstić information content (AvgIpc) is 2.76. The summed E-state index contributed by atoms with van der Waals surface area (Å²) >= 11 is 3.36. The van der Waals surface area contributed by atoms with Gasteiger partial charge in [0, 0.05) is 11.6 Å². The van der Waals surface area contributed by atoms with Gasteiger partial charge in [-0.3, -0.25) is 0 Å². The van der Waals surface area contributed by atoms with E-state index < -0.39 is 0 Å². The minimum Gasteiger partial charge on any atom is -0.473 e. The molecule has 2 N–H and O–H groups in total. The normalized spacial score (nSPS) is 10.2. The average molecular weight is 337 g/mol. The van der Waals surface area contributed by atoms with Crippen LogP contribution in [0.15, 0.2) is 28.7 Å². The van der Waals surface area contributed by atoms with Gasteiger partial charge in [0.2, 0.25) is 0 Å². The van der Waals surface area contributed by atoms with Crippen molar-refractivity contribution < 1.29 is 9.47 Å². The van der Waals surface area contributed by atoms with Crippen LogP contribution in [-0.2, 0) is 4.74 Å². The number of hydrogen-bond donors (Lipinski definition) is 1. The maximum absolute atomic E-state index is 9.16. The molecule has 1 aromatic heterocycles. The Hall–Kier alpha value is -2.04. The maximum atomic E-state index is 9.16. The molecule has 6 nitrogen and oxygen atoms in total. The molecule has 0 unspecified atom stereocenters. The fraction of sp³-hybridized carbons (Fsp3) is 0.231. The fourth-order valence-corrected chi connectivity index (χ4v) is 1.88. The Morgan fingerprint density at radius 1 is 1.35 bits per heavy atom. The molecule has 0 spiro atoms. The highest BCUT2D eigenvalue weighted by atomic mass is 79.9. The Bertz CT molecular complexity index is 631. The van der Waals surface area contributed by atoms with Crippen LogP contribution in [0.1, 0.15) is 5.56 Å². The summed E-state index contributed by atoms with van der Waals surface area (Å²) in [4.78, 5) is 0. The van der Waals surface area contributed by atoms with Crippen LogP contribution in [0.4, 0.5) is 5.82 Å². The summed E-state index contributed by atoms with van der Waals surface area (Å²) in [6.45, 7) is 0.720. The molecule has 2 aromatic rings. The fourth-order valence-electron chi connectivity index (χ4n) is 1.62. The molecule has 104 valence electrons. The minimum absolute atomic E-state index is 0.213. The number of nitriles is 1. The largest absolute Gasteiger partial charge is 0.473 e. The first-order chi connectivity index (χ1) is 9.67. The molecule has 2 rings (SSSR count). The first-order valence-corrected chi connectivity index (χ1v) is 6.63. The predicted molar refractivity (Wildman–Crippen MR) is 77.8 cm³/mol. The van der Waals surface area contributed by atoms with Crippen molar-refractivity contribution in [1.29, 1.82) is 5.26 Å². The molecule has 0 atom stereocenters. The summed E-state index contributed by atoms with van der Waals surface area (Å²) in [6.07, 6.45) is 0. The molecule has 0 aliphatic carbocycles. The van der Waals surface area contributed by atoms with Crippen LogP contribution in [0.2, 0.25) is 0 Å². The van der Waals surface area contributed by atoms with Gasteiger partial charge in [-0.2, -0.15) is 5.26 Å². The van der Waals surface area contributed by atoms with Crippen molar-refractivity contribution in [3.05, 3.63) is 34.3 Å². The van der Waals surface area contributed by atoms with Crippen molar-refractivity contribution in [2.24, 2.45) is 0 Å². The SMILES string of the molecule is COCCOc1nn(-c2ccc(Br)cc2)c(N)c1C#N. The van der Waals surface area contributed by atoms with E-state index in [-0.39, 0.29) is 17.3 Å². The number of methoxy groups -OCH3 is 1. The van der Waals surface area contributed by atoms with Gasteiger partial charge in [-0.05, 0) is 24.3 Å². The molecule has 0 aliphatic heterocycles. The van der Waals surface area contributed by atoms with Gasteiger partial charge in [0.25, 0.3) is 5.88 Å². The van der Waals surface area contributed by atoms with Crippen molar-refractivity contribution in [2.75, 3.05) is 26.1 Å². The zero-order valence-electron chi connectivity index (χ0n) is 10.8. The number of anilines is 1. The molecule has 0 aliphatic rings. The van der Waals surface area contributed by atoms with Crippen molar-refractivity contribution in [3.63, 3.8) is 0 Å². The van der Waals surface area contributed by atoms with E-state index >= 15 is 0 Å². The van der Waals surface area contributed by atoms with Crippen molar-refractivity contribution in [3.8, 4) is 17.6 Å². The number of nitrogens with two attached hydrogens (primary N) is 1. The van der Waals surface area contributed by atoms with Gasteiger partial charge in [-0.25, -0.2) is 4.68 Å². The first kappa shape index (κ1) is 14.4. The molecule has 0 saturated heterocycles. The molecular weight excluding hydrogens is 324 g/mol. The number of benzene rings is 1. The maximum Gasteiger partial charge on any atom is 0.253 e. The Balaban J connectivity index is 2.35. The second-order valence-electron chi connectivity index (χ2n) is 3.91. The van der Waals surface area contributed by atoms with Gasteiger partial charge in [0.15, 0.2) is 5.56 Å². The van der Waals surface area contributed by atoms with Crippen molar-refractivity contribution in [2.45, 2.75) is 0 Å². The molecule has 0 saturated carbocycles. The number of halogens is 1. The minimum atomic E-state index is 0.213. The van der Waals surface area contributed by atoms with Crippen molar-refractivity contribution >= 4 is 21.7 Å². The Kier molecular flexibility index (Phi) is 4.61. The predicted octanol–water partition coefficient (Wildman–Crippen LogP) is 2.11. The highest BCUT2D eigenvalue weighted by Crippen LogP contribution is 2.26. The molecule has 0 bridgehead atoms. The van der Waals surface area contributed by atoms with Gasteiger partial charge in [0.05, 0.1) is 12.3 Å². The van der Waals surface area contributed by atoms with Crippen LogP contribution in [-0.4, -0.2) is 30.1 Å². The third kappa shape index (κ3) is 2.92. The Morgan fingerprint density at radius 2 is 2.05 bits per heavy atom. The van der Waals surface area contributed by atoms with Crippen LogP contribution >= 0.6 is 15.9 Å². The Labute approximate surface area is 124 Å². The standard InChI is InChI=1S/C13H13BrN4O2/c1-19-6-7-20-13-11(8-15)12(16)18(17-13)10-4-2-9(14)3-5-10/h2-5H,6-7,16H2,1H3. The van der Waals surface area contributed by atoms with E-state index in [9.17, 15) is 0 Å². The van der Waals surface area contributed by atoms with E-state index in [2.05, 4.69) is 21.0 Å². The zero-order valence-corrected chi connectivity index (χ0v) is 12.4. The van der Waals surface area contributed by atoms with Crippen LogP contribution < -0.4 is 10.5 Å². The van der Waals surface area contributed by atoms with Crippen LogP contribution in [0.5, 0.6) is 5.88 Å². The monoisotopic (exact) mass is 336 g/mol. The molecule has 1 heterocycles. The smallest absolute Gasteiger partial charge is 0.253 e. The summed E-state index contributed by atoms with van der Waals surface area (Å²) in [5, 5.41) is 13.4. The molecule has 0 radical (unpaired) electrons. The third-order valence-electron chi connectivity index (χ3n) is 2.60. The highest BCUT2D eigenvalue weighted by Gasteiger charge is 2.17. The highest BCUT2D eigenvalue weighted by molar-refractivity contribution is 9.10. The van der Waals surface area contributed by atoms with E-state index in [4.69, 9.17) is 20.5 Å². The molecule has 0 fully saturated rings. The van der Waals surface area contributed by atoms with Crippen molar-refractivity contribution in [1.82, 2.24) is 9.78 Å². The number of aromatic nitrogens is 2. The molecule has 7 heteroatoms. The van der Waals surface area contributed by atoms with E-state index in [0.29, 0.717) is 13.2 Å². The lowest BCUT2D eigenvalue weighted by atomic mass is 10.3. The lowest BCUT2D eigenvalue weighted by Crippen LogP contribution is -2.05. The first-order valence-electron chi connectivity index (χ1n) is 5.83. The second-order valence-corrected chi connectivity index (χ2v) is 4.82. The summed E-state index contributed by atoms with van der Waals surface area (Å²) in [5.41, 5.74) is 6.92. The second kappa shape index (κ2) is 6.41. The molecule has 1 aromatic carbocycles. The van der Waals surface area contributed by atoms with Crippen LogP contribution in [0, 0.1) is 11.3 Å². The topological polar surface area (TPSA) is 86.1 Å². The van der Waals surface area contributed by atoms with Gasteiger partial charge in [-0.15, -0.1) is 5.10 Å². The Morgan fingerprint density at radius 3 is 2.65 bits per heavy atom. The van der Waals surface area contributed by atoms with E-state index in [1.54, 1.807) is 7.11 Å². The van der Waals surface area contributed by atoms with Gasteiger partial charge < -0.3 is 15.2 Å². The van der Waals surface area contributed by atoms with E-state index in [1.807, 2.05) is 30.3 Å². The summed E-state index contributed by atoms with van der Waals surface area (Å²) in [7, 11) is 1.57. The summed E-state index contributed by atoms with van der Waals surface area (Å²) in [5.74, 6) is 0.465. The quantitative estimate of drug-likeness (QED) is 0.845. The number of hydrogen-bond acceptors (Lipinski definition) is 5. The number of nitrogens with zero attached hydrogens (tertiary/aromatic N) is 3. The van der Waals surface area contributed by atoms with Gasteiger partial charge in [0.1, 0.15) is 18.5 Å². The number of rotatable bonds is 5. The number of ether oxygens (including phenoxy) is 2. The van der Waals surface area contributed by atoms with Crippen LogP contribution in [0.25, 0.3) is 5.69 Å². The third-order valence-corrected chi connectivity index (χ3v) is 3.13. The summed E-state index contributed by atoms with van der Waals surface area (Å²) < 4.78 is 12.7.